The Morgan fingerprint density at radius 2 is 1.74 bits per heavy atom. The number of amides is 1. The Hall–Kier alpha value is -2.89. The van der Waals surface area contributed by atoms with Crippen LogP contribution in [0.15, 0.2) is 30.3 Å². The molecule has 6 heteroatoms. The summed E-state index contributed by atoms with van der Waals surface area (Å²) in [5, 5.41) is 13.7. The van der Waals surface area contributed by atoms with Crippen LogP contribution in [-0.4, -0.2) is 17.9 Å². The number of carbonyl (C=O) groups excluding carboxylic acids is 1. The van der Waals surface area contributed by atoms with E-state index in [-0.39, 0.29) is 11.6 Å². The van der Waals surface area contributed by atoms with Crippen LogP contribution in [0.4, 0.5) is 11.4 Å². The smallest absolute Gasteiger partial charge is 0.270 e. The number of aryl methyl sites for hydroxylation is 3. The highest BCUT2D eigenvalue weighted by molar-refractivity contribution is 6.07. The van der Waals surface area contributed by atoms with Crippen LogP contribution in [0.25, 0.3) is 0 Å². The Balaban J connectivity index is 2.38. The van der Waals surface area contributed by atoms with Gasteiger partial charge in [-0.1, -0.05) is 12.1 Å². The molecule has 0 bridgehead atoms. The molecule has 0 fully saturated rings. The molecule has 0 atom stereocenters. The first-order valence-electron chi connectivity index (χ1n) is 7.05. The number of nitro groups is 1. The van der Waals surface area contributed by atoms with Crippen LogP contribution in [-0.2, 0) is 0 Å². The number of non-ortho nitro benzene ring substituents is 1. The van der Waals surface area contributed by atoms with Crippen molar-refractivity contribution in [2.75, 3.05) is 12.4 Å². The number of anilines is 1. The maximum Gasteiger partial charge on any atom is 0.270 e. The Morgan fingerprint density at radius 3 is 2.26 bits per heavy atom. The highest BCUT2D eigenvalue weighted by Crippen LogP contribution is 2.28. The maximum absolute atomic E-state index is 12.5. The van der Waals surface area contributed by atoms with Crippen LogP contribution in [0.5, 0.6) is 5.75 Å². The highest BCUT2D eigenvalue weighted by atomic mass is 16.6. The normalized spacial score (nSPS) is 10.3. The number of benzene rings is 2. The summed E-state index contributed by atoms with van der Waals surface area (Å²) in [6.07, 6.45) is 0. The number of ether oxygens (including phenoxy) is 1. The number of methoxy groups -OCH3 is 1. The topological polar surface area (TPSA) is 81.5 Å². The van der Waals surface area contributed by atoms with Gasteiger partial charge in [0.05, 0.1) is 17.6 Å². The van der Waals surface area contributed by atoms with Crippen molar-refractivity contribution < 1.29 is 14.5 Å². The van der Waals surface area contributed by atoms with Gasteiger partial charge >= 0.3 is 0 Å². The molecule has 0 saturated carbocycles. The Kier molecular flexibility index (Phi) is 4.64. The molecule has 0 heterocycles. The van der Waals surface area contributed by atoms with Crippen LogP contribution in [0, 0.1) is 30.9 Å². The molecular formula is C17H18N2O4. The number of para-hydroxylation sites is 1. The molecule has 0 radical (unpaired) electrons. The third-order valence-electron chi connectivity index (χ3n) is 3.63. The van der Waals surface area contributed by atoms with Crippen LogP contribution in [0.1, 0.15) is 27.0 Å². The fraction of sp³-hybridized carbons (Fsp3) is 0.235. The number of hydrogen-bond donors (Lipinski definition) is 1. The van der Waals surface area contributed by atoms with Crippen molar-refractivity contribution in [3.8, 4) is 5.75 Å². The Bertz CT molecular complexity index is 761. The first-order valence-corrected chi connectivity index (χ1v) is 7.05. The van der Waals surface area contributed by atoms with Gasteiger partial charge in [0.25, 0.3) is 11.6 Å². The van der Waals surface area contributed by atoms with E-state index >= 15 is 0 Å². The molecule has 0 saturated heterocycles. The Labute approximate surface area is 134 Å². The second-order valence-electron chi connectivity index (χ2n) is 5.32. The van der Waals surface area contributed by atoms with Crippen LogP contribution < -0.4 is 10.1 Å². The van der Waals surface area contributed by atoms with Crippen molar-refractivity contribution in [2.24, 2.45) is 0 Å². The third-order valence-corrected chi connectivity index (χ3v) is 3.63. The monoisotopic (exact) mass is 314 g/mol. The molecule has 2 aromatic carbocycles. The minimum Gasteiger partial charge on any atom is -0.496 e. The van der Waals surface area contributed by atoms with Crippen molar-refractivity contribution in [1.29, 1.82) is 0 Å². The second-order valence-corrected chi connectivity index (χ2v) is 5.32. The first kappa shape index (κ1) is 16.5. The fourth-order valence-electron chi connectivity index (χ4n) is 2.53. The summed E-state index contributed by atoms with van der Waals surface area (Å²) in [7, 11) is 1.52. The summed E-state index contributed by atoms with van der Waals surface area (Å²) in [6.45, 7) is 5.31. The lowest BCUT2D eigenvalue weighted by atomic mass is 10.1. The van der Waals surface area contributed by atoms with E-state index in [9.17, 15) is 14.9 Å². The summed E-state index contributed by atoms with van der Waals surface area (Å²) in [6, 6.07) is 8.20. The van der Waals surface area contributed by atoms with Gasteiger partial charge in [-0.25, -0.2) is 0 Å². The number of nitrogens with one attached hydrogen (secondary N) is 1. The first-order chi connectivity index (χ1) is 10.8. The Morgan fingerprint density at radius 1 is 1.13 bits per heavy atom. The lowest BCUT2D eigenvalue weighted by molar-refractivity contribution is -0.384. The van der Waals surface area contributed by atoms with E-state index in [2.05, 4.69) is 5.32 Å². The minimum atomic E-state index is -0.449. The number of nitro benzene ring substituents is 1. The predicted molar refractivity (Wildman–Crippen MR) is 88.3 cm³/mol. The molecular weight excluding hydrogens is 296 g/mol. The van der Waals surface area contributed by atoms with E-state index in [4.69, 9.17) is 4.74 Å². The lowest BCUT2D eigenvalue weighted by Gasteiger charge is -2.14. The van der Waals surface area contributed by atoms with Gasteiger partial charge in [0, 0.05) is 17.8 Å². The quantitative estimate of drug-likeness (QED) is 0.687. The van der Waals surface area contributed by atoms with E-state index in [1.807, 2.05) is 13.0 Å². The van der Waals surface area contributed by atoms with Gasteiger partial charge in [0.15, 0.2) is 0 Å². The molecule has 0 spiro atoms. The summed E-state index contributed by atoms with van der Waals surface area (Å²) in [5.41, 5.74) is 3.13. The molecule has 0 aromatic heterocycles. The van der Waals surface area contributed by atoms with E-state index < -0.39 is 4.92 Å². The van der Waals surface area contributed by atoms with Crippen molar-refractivity contribution in [3.63, 3.8) is 0 Å². The molecule has 0 aliphatic heterocycles. The average molecular weight is 314 g/mol. The SMILES string of the molecule is COc1c(C)cccc1C(=O)Nc1c(C)cc([N+](=O)[O-])cc1C. The van der Waals surface area contributed by atoms with E-state index in [1.165, 1.54) is 19.2 Å². The van der Waals surface area contributed by atoms with Gasteiger partial charge in [0.1, 0.15) is 5.75 Å². The van der Waals surface area contributed by atoms with Crippen LogP contribution >= 0.6 is 0 Å². The van der Waals surface area contributed by atoms with Gasteiger partial charge in [-0.3, -0.25) is 14.9 Å². The van der Waals surface area contributed by atoms with Gasteiger partial charge in [0.2, 0.25) is 0 Å². The molecule has 1 amide bonds. The largest absolute Gasteiger partial charge is 0.496 e. The molecule has 120 valence electrons. The van der Waals surface area contributed by atoms with Crippen molar-refractivity contribution in [2.45, 2.75) is 20.8 Å². The number of rotatable bonds is 4. The van der Waals surface area contributed by atoms with Crippen molar-refractivity contribution >= 4 is 17.3 Å². The summed E-state index contributed by atoms with van der Waals surface area (Å²) < 4.78 is 5.30. The standard InChI is InChI=1S/C17H18N2O4/c1-10-6-5-7-14(16(10)23-4)17(20)18-15-11(2)8-13(19(21)22)9-12(15)3/h5-9H,1-4H3,(H,18,20). The molecule has 0 aliphatic carbocycles. The van der Waals surface area contributed by atoms with Gasteiger partial charge in [-0.15, -0.1) is 0 Å². The molecule has 23 heavy (non-hydrogen) atoms. The molecule has 0 unspecified atom stereocenters. The molecule has 6 nitrogen and oxygen atoms in total. The zero-order valence-electron chi connectivity index (χ0n) is 13.5. The predicted octanol–water partition coefficient (Wildman–Crippen LogP) is 3.78. The average Bonchev–Trinajstić information content (AvgIpc) is 2.50. The van der Waals surface area contributed by atoms with Gasteiger partial charge < -0.3 is 10.1 Å². The number of carbonyl (C=O) groups is 1. The summed E-state index contributed by atoms with van der Waals surface area (Å²) in [4.78, 5) is 23.0. The molecule has 1 N–H and O–H groups in total. The molecule has 0 aliphatic rings. The molecule has 2 aromatic rings. The number of nitrogens with zero attached hydrogens (tertiary/aromatic N) is 1. The van der Waals surface area contributed by atoms with Crippen molar-refractivity contribution in [1.82, 2.24) is 0 Å². The maximum atomic E-state index is 12.5. The van der Waals surface area contributed by atoms with Gasteiger partial charge in [-0.05, 0) is 43.5 Å². The van der Waals surface area contributed by atoms with Gasteiger partial charge in [-0.2, -0.15) is 0 Å². The highest BCUT2D eigenvalue weighted by Gasteiger charge is 2.18. The third kappa shape index (κ3) is 3.31. The molecule has 2 rings (SSSR count). The minimum absolute atomic E-state index is 0.00568. The fourth-order valence-corrected chi connectivity index (χ4v) is 2.53. The van der Waals surface area contributed by atoms with E-state index in [0.717, 1.165) is 5.56 Å². The van der Waals surface area contributed by atoms with Crippen LogP contribution in [0.2, 0.25) is 0 Å². The van der Waals surface area contributed by atoms with E-state index in [1.54, 1.807) is 26.0 Å². The van der Waals surface area contributed by atoms with E-state index in [0.29, 0.717) is 28.1 Å². The van der Waals surface area contributed by atoms with Crippen molar-refractivity contribution in [3.05, 3.63) is 62.7 Å². The number of hydrogen-bond acceptors (Lipinski definition) is 4. The summed E-state index contributed by atoms with van der Waals surface area (Å²) in [5.74, 6) is 0.202. The summed E-state index contributed by atoms with van der Waals surface area (Å²) >= 11 is 0. The van der Waals surface area contributed by atoms with Crippen LogP contribution in [0.3, 0.4) is 0 Å². The second kappa shape index (κ2) is 6.48. The lowest BCUT2D eigenvalue weighted by Crippen LogP contribution is -2.15. The zero-order chi connectivity index (χ0) is 17.1. The zero-order valence-corrected chi connectivity index (χ0v) is 13.5.